The zero-order valence-corrected chi connectivity index (χ0v) is 15.6. The van der Waals surface area contributed by atoms with Crippen molar-refractivity contribution in [3.8, 4) is 5.69 Å². The summed E-state index contributed by atoms with van der Waals surface area (Å²) in [5.41, 5.74) is 1.99. The van der Waals surface area contributed by atoms with Crippen LogP contribution in [0.25, 0.3) is 5.69 Å². The van der Waals surface area contributed by atoms with E-state index >= 15 is 0 Å². The third-order valence-electron chi connectivity index (χ3n) is 4.77. The second kappa shape index (κ2) is 6.84. The molecule has 2 aliphatic rings. The maximum atomic E-state index is 12.5. The van der Waals surface area contributed by atoms with Gasteiger partial charge in [-0.3, -0.25) is 9.89 Å². The lowest BCUT2D eigenvalue weighted by atomic mass is 10.3. The van der Waals surface area contributed by atoms with Crippen LogP contribution in [0.4, 0.5) is 5.82 Å². The molecule has 2 heterocycles. The molecule has 3 aromatic rings. The normalized spacial score (nSPS) is 16.4. The van der Waals surface area contributed by atoms with Crippen LogP contribution in [-0.4, -0.2) is 36.6 Å². The Hall–Kier alpha value is -2.61. The minimum Gasteiger partial charge on any atom is -0.310 e. The Kier molecular flexibility index (Phi) is 4.20. The number of nitrogens with zero attached hydrogens (tertiary/aromatic N) is 4. The number of carbonyl (C=O) groups is 1. The zero-order valence-electron chi connectivity index (χ0n) is 14.8. The fraction of sp³-hybridized carbons (Fsp3) is 0.368. The molecule has 0 radical (unpaired) electrons. The van der Waals surface area contributed by atoms with E-state index in [1.54, 1.807) is 0 Å². The Balaban J connectivity index is 1.28. The quantitative estimate of drug-likeness (QED) is 0.613. The van der Waals surface area contributed by atoms with Gasteiger partial charge in [0.2, 0.25) is 11.1 Å². The number of anilines is 1. The van der Waals surface area contributed by atoms with E-state index in [9.17, 15) is 4.79 Å². The number of rotatable bonds is 7. The van der Waals surface area contributed by atoms with Gasteiger partial charge in [0.15, 0.2) is 0 Å². The summed E-state index contributed by atoms with van der Waals surface area (Å²) in [4.78, 5) is 16.9. The first kappa shape index (κ1) is 16.6. The van der Waals surface area contributed by atoms with E-state index in [1.165, 1.54) is 37.4 Å². The number of hydrogen-bond acceptors (Lipinski definition) is 5. The zero-order chi connectivity index (χ0) is 18.2. The summed E-state index contributed by atoms with van der Waals surface area (Å²) in [5, 5.41) is 15.5. The number of aromatic nitrogens is 5. The summed E-state index contributed by atoms with van der Waals surface area (Å²) in [6, 6.07) is 11.9. The second-order valence-corrected chi connectivity index (χ2v) is 8.03. The third kappa shape index (κ3) is 3.75. The fourth-order valence-electron chi connectivity index (χ4n) is 3.00. The molecule has 0 aliphatic heterocycles. The Labute approximate surface area is 161 Å². The van der Waals surface area contributed by atoms with Crippen LogP contribution in [0.1, 0.15) is 49.0 Å². The molecule has 138 valence electrons. The highest BCUT2D eigenvalue weighted by Crippen LogP contribution is 2.40. The molecule has 2 N–H and O–H groups in total. The van der Waals surface area contributed by atoms with Gasteiger partial charge in [0.05, 0.1) is 17.1 Å². The van der Waals surface area contributed by atoms with Gasteiger partial charge < -0.3 is 5.32 Å². The van der Waals surface area contributed by atoms with Crippen LogP contribution in [0, 0.1) is 0 Å². The lowest BCUT2D eigenvalue weighted by molar-refractivity contribution is -0.113. The van der Waals surface area contributed by atoms with Gasteiger partial charge in [-0.05, 0) is 37.8 Å². The van der Waals surface area contributed by atoms with Gasteiger partial charge in [0, 0.05) is 17.9 Å². The number of thioether (sulfide) groups is 1. The molecule has 1 aromatic carbocycles. The van der Waals surface area contributed by atoms with Crippen molar-refractivity contribution in [1.82, 2.24) is 25.0 Å². The van der Waals surface area contributed by atoms with Gasteiger partial charge in [-0.2, -0.15) is 5.10 Å². The average molecular weight is 380 g/mol. The fourth-order valence-corrected chi connectivity index (χ4v) is 3.61. The summed E-state index contributed by atoms with van der Waals surface area (Å²) in [7, 11) is 0. The second-order valence-electron chi connectivity index (χ2n) is 7.09. The third-order valence-corrected chi connectivity index (χ3v) is 5.62. The van der Waals surface area contributed by atoms with Crippen LogP contribution in [0.3, 0.4) is 0 Å². The maximum absolute atomic E-state index is 12.5. The van der Waals surface area contributed by atoms with Crippen molar-refractivity contribution < 1.29 is 4.79 Å². The number of amides is 1. The molecule has 0 bridgehead atoms. The number of para-hydroxylation sites is 1. The molecule has 1 amide bonds. The summed E-state index contributed by atoms with van der Waals surface area (Å²) in [6.07, 6.45) is 4.69. The largest absolute Gasteiger partial charge is 0.310 e. The smallest absolute Gasteiger partial charge is 0.236 e. The highest BCUT2D eigenvalue weighted by Gasteiger charge is 2.28. The standard InChI is InChI=1S/C19H20N6OS/c26-17(11-27-19-21-18(22-23-19)13-8-9-13)20-16-10-15(12-6-7-12)24-25(16)14-4-2-1-3-5-14/h1-5,10,12-13H,6-9,11H2,(H,20,26)(H,21,22,23). The number of hydrogen-bond donors (Lipinski definition) is 2. The maximum Gasteiger partial charge on any atom is 0.236 e. The Morgan fingerprint density at radius 1 is 1.19 bits per heavy atom. The highest BCUT2D eigenvalue weighted by molar-refractivity contribution is 7.99. The van der Waals surface area contributed by atoms with E-state index in [2.05, 4.69) is 20.5 Å². The van der Waals surface area contributed by atoms with Crippen LogP contribution in [-0.2, 0) is 4.79 Å². The predicted molar refractivity (Wildman–Crippen MR) is 103 cm³/mol. The first-order chi connectivity index (χ1) is 13.3. The van der Waals surface area contributed by atoms with Crippen molar-refractivity contribution in [2.24, 2.45) is 0 Å². The molecule has 7 nitrogen and oxygen atoms in total. The summed E-state index contributed by atoms with van der Waals surface area (Å²) in [5.74, 6) is 2.88. The topological polar surface area (TPSA) is 88.5 Å². The van der Waals surface area contributed by atoms with Gasteiger partial charge in [0.25, 0.3) is 0 Å². The monoisotopic (exact) mass is 380 g/mol. The molecule has 2 saturated carbocycles. The van der Waals surface area contributed by atoms with Crippen molar-refractivity contribution in [1.29, 1.82) is 0 Å². The summed E-state index contributed by atoms with van der Waals surface area (Å²) >= 11 is 1.35. The van der Waals surface area contributed by atoms with Crippen LogP contribution in [0.15, 0.2) is 41.6 Å². The predicted octanol–water partition coefficient (Wildman–Crippen LogP) is 3.48. The molecule has 0 atom stereocenters. The van der Waals surface area contributed by atoms with Crippen molar-refractivity contribution in [2.75, 3.05) is 11.1 Å². The van der Waals surface area contributed by atoms with Gasteiger partial charge >= 0.3 is 0 Å². The van der Waals surface area contributed by atoms with Crippen molar-refractivity contribution in [3.05, 3.63) is 47.9 Å². The Morgan fingerprint density at radius 3 is 2.70 bits per heavy atom. The average Bonchev–Trinajstić information content (AvgIpc) is 3.63. The molecule has 2 aliphatic carbocycles. The van der Waals surface area contributed by atoms with E-state index in [-0.39, 0.29) is 11.7 Å². The van der Waals surface area contributed by atoms with Crippen molar-refractivity contribution in [2.45, 2.75) is 42.7 Å². The number of carbonyl (C=O) groups excluding carboxylic acids is 1. The lowest BCUT2D eigenvalue weighted by Crippen LogP contribution is -2.17. The van der Waals surface area contributed by atoms with Crippen molar-refractivity contribution in [3.63, 3.8) is 0 Å². The van der Waals surface area contributed by atoms with Crippen LogP contribution < -0.4 is 5.32 Å². The number of aromatic amines is 1. The molecule has 0 saturated heterocycles. The number of nitrogens with one attached hydrogen (secondary N) is 2. The summed E-state index contributed by atoms with van der Waals surface area (Å²) in [6.45, 7) is 0. The first-order valence-electron chi connectivity index (χ1n) is 9.26. The SMILES string of the molecule is O=C(CSc1n[nH]c(C2CC2)n1)Nc1cc(C2CC2)nn1-c1ccccc1. The van der Waals surface area contributed by atoms with Gasteiger partial charge in [0.1, 0.15) is 11.6 Å². The molecule has 8 heteroatoms. The highest BCUT2D eigenvalue weighted by atomic mass is 32.2. The number of H-pyrrole nitrogens is 1. The molecule has 27 heavy (non-hydrogen) atoms. The molecular weight excluding hydrogens is 360 g/mol. The van der Waals surface area contributed by atoms with Gasteiger partial charge in [-0.1, -0.05) is 30.0 Å². The van der Waals surface area contributed by atoms with E-state index < -0.39 is 0 Å². The minimum absolute atomic E-state index is 0.0859. The lowest BCUT2D eigenvalue weighted by Gasteiger charge is -2.08. The van der Waals surface area contributed by atoms with E-state index in [0.717, 1.165) is 17.2 Å². The molecule has 0 unspecified atom stereocenters. The van der Waals surface area contributed by atoms with Crippen molar-refractivity contribution >= 4 is 23.5 Å². The van der Waals surface area contributed by atoms with E-state index in [0.29, 0.717) is 22.8 Å². The minimum atomic E-state index is -0.0859. The molecular formula is C19H20N6OS. The van der Waals surface area contributed by atoms with E-state index in [4.69, 9.17) is 5.10 Å². The van der Waals surface area contributed by atoms with Gasteiger partial charge in [-0.25, -0.2) is 9.67 Å². The van der Waals surface area contributed by atoms with Gasteiger partial charge in [-0.15, -0.1) is 5.10 Å². The van der Waals surface area contributed by atoms with Crippen LogP contribution in [0.5, 0.6) is 0 Å². The Bertz CT molecular complexity index is 958. The molecule has 5 rings (SSSR count). The van der Waals surface area contributed by atoms with Crippen LogP contribution >= 0.6 is 11.8 Å². The van der Waals surface area contributed by atoms with Crippen LogP contribution in [0.2, 0.25) is 0 Å². The molecule has 2 aromatic heterocycles. The van der Waals surface area contributed by atoms with E-state index in [1.807, 2.05) is 41.1 Å². The first-order valence-corrected chi connectivity index (χ1v) is 10.2. The number of benzene rings is 1. The molecule has 0 spiro atoms. The molecule has 2 fully saturated rings. The summed E-state index contributed by atoms with van der Waals surface area (Å²) < 4.78 is 1.81. The Morgan fingerprint density at radius 2 is 1.96 bits per heavy atom.